The number of fused-ring (bicyclic) bond motifs is 22. The first-order valence-electron chi connectivity index (χ1n) is 34.1. The molecule has 0 aliphatic heterocycles. The van der Waals surface area contributed by atoms with Crippen LogP contribution in [-0.4, -0.2) is 0 Å². The van der Waals surface area contributed by atoms with E-state index in [1.807, 2.05) is 6.07 Å². The van der Waals surface area contributed by atoms with Gasteiger partial charge in [0.25, 0.3) is 0 Å². The minimum atomic E-state index is -0.163. The van der Waals surface area contributed by atoms with E-state index >= 15 is 0 Å². The molecule has 21 rings (SSSR count). The lowest BCUT2D eigenvalue weighted by Gasteiger charge is -2.26. The second-order valence-electron chi connectivity index (χ2n) is 28.0. The van der Waals surface area contributed by atoms with Crippen LogP contribution in [-0.2, 0) is 10.8 Å². The highest BCUT2D eigenvalue weighted by Crippen LogP contribution is 2.59. The molecule has 0 amide bonds. The highest BCUT2D eigenvalue weighted by Gasteiger charge is 2.41. The number of hydrogen-bond donors (Lipinski definition) is 0. The van der Waals surface area contributed by atoms with Crippen molar-refractivity contribution in [2.75, 3.05) is 0 Å². The summed E-state index contributed by atoms with van der Waals surface area (Å²) in [6, 6.07) is 117. The molecule has 0 N–H and O–H groups in total. The molecule has 18 aromatic carbocycles. The summed E-state index contributed by atoms with van der Waals surface area (Å²) in [5.74, 6) is 0. The highest BCUT2D eigenvalue weighted by molar-refractivity contribution is 6.29. The summed E-state index contributed by atoms with van der Waals surface area (Å²) in [7, 11) is 0. The van der Waals surface area contributed by atoms with E-state index in [1.54, 1.807) is 0 Å². The molecule has 2 aliphatic rings. The topological polar surface area (TPSA) is 13.1 Å². The highest BCUT2D eigenvalue weighted by atomic mass is 16.3. The predicted molar refractivity (Wildman–Crippen MR) is 415 cm³/mol. The van der Waals surface area contributed by atoms with Gasteiger partial charge >= 0.3 is 0 Å². The number of hydrogen-bond acceptors (Lipinski definition) is 1. The standard InChI is InChI=1S/C51H34.C45H30O/c1-51(2)45-29-28-32-15-4-6-17-35(32)49(45)43-25-13-24-42(50(43)51)47-38-20-9-11-22-40(38)48(41-23-12-10-21-39(41)47)44-30-33-27-26-31-14-3-5-16-34(31)46(33)37-19-8-7-18-36(37)44;1-45(2)38-24-22-27-12-3-4-13-29(27)43(38)36-20-11-19-35(44(36)45)42-33-17-7-5-15-31(33)41(32-16-6-8-18-34(32)42)28-23-25-40-37(26-28)30-14-9-10-21-39(30)46-40/h3-30H,1-2H3;3-26H,1-2H3. The van der Waals surface area contributed by atoms with Gasteiger partial charge in [-0.3, -0.25) is 0 Å². The van der Waals surface area contributed by atoms with E-state index in [-0.39, 0.29) is 10.8 Å². The molecule has 0 bridgehead atoms. The number of furan rings is 1. The van der Waals surface area contributed by atoms with Crippen molar-refractivity contribution >= 4 is 119 Å². The summed E-state index contributed by atoms with van der Waals surface area (Å²) >= 11 is 0. The molecule has 1 heteroatoms. The summed E-state index contributed by atoms with van der Waals surface area (Å²) in [4.78, 5) is 0. The third kappa shape index (κ3) is 7.95. The van der Waals surface area contributed by atoms with Crippen molar-refractivity contribution in [1.29, 1.82) is 0 Å². The van der Waals surface area contributed by atoms with E-state index in [9.17, 15) is 0 Å². The molecule has 1 heterocycles. The van der Waals surface area contributed by atoms with Crippen molar-refractivity contribution in [2.24, 2.45) is 0 Å². The Balaban J connectivity index is 0.000000133. The van der Waals surface area contributed by atoms with Gasteiger partial charge in [-0.15, -0.1) is 0 Å². The Morgan fingerprint density at radius 3 is 1.03 bits per heavy atom. The van der Waals surface area contributed by atoms with Gasteiger partial charge in [0.1, 0.15) is 11.2 Å². The number of para-hydroxylation sites is 1. The van der Waals surface area contributed by atoms with Gasteiger partial charge in [-0.25, -0.2) is 0 Å². The van der Waals surface area contributed by atoms with Crippen LogP contribution in [0.25, 0.3) is 186 Å². The molecule has 0 saturated carbocycles. The summed E-state index contributed by atoms with van der Waals surface area (Å²) in [5.41, 5.74) is 23.0. The van der Waals surface area contributed by atoms with Gasteiger partial charge in [-0.05, 0) is 210 Å². The maximum atomic E-state index is 6.21. The van der Waals surface area contributed by atoms with E-state index in [0.29, 0.717) is 0 Å². The molecular formula is C96H64O. The smallest absolute Gasteiger partial charge is 0.135 e. The average Bonchev–Trinajstić information content (AvgIpc) is 1.60. The van der Waals surface area contributed by atoms with Gasteiger partial charge in [-0.1, -0.05) is 319 Å². The normalized spacial score (nSPS) is 13.5. The molecule has 0 unspecified atom stereocenters. The SMILES string of the molecule is CC1(C)c2ccc3ccccc3c2-c2cccc(-c3c4ccccc4c(-c4cc5ccc6ccccc6c5c5ccccc45)c4ccccc34)c21.CC1(C)c2ccc3ccccc3c2-c2cccc(-c3c4ccccc4c(-c4ccc5oc6ccccc6c5c4)c4ccccc34)c21. The van der Waals surface area contributed by atoms with Crippen LogP contribution in [0.2, 0.25) is 0 Å². The molecule has 97 heavy (non-hydrogen) atoms. The van der Waals surface area contributed by atoms with Gasteiger partial charge in [-0.2, -0.15) is 0 Å². The van der Waals surface area contributed by atoms with Crippen LogP contribution < -0.4 is 0 Å². The molecule has 2 aliphatic carbocycles. The van der Waals surface area contributed by atoms with Crippen molar-refractivity contribution in [3.8, 4) is 66.8 Å². The zero-order chi connectivity index (χ0) is 64.4. The van der Waals surface area contributed by atoms with Crippen molar-refractivity contribution in [1.82, 2.24) is 0 Å². The van der Waals surface area contributed by atoms with Crippen LogP contribution in [0.1, 0.15) is 49.9 Å². The maximum Gasteiger partial charge on any atom is 0.135 e. The van der Waals surface area contributed by atoms with Gasteiger partial charge in [0.2, 0.25) is 0 Å². The van der Waals surface area contributed by atoms with E-state index in [2.05, 4.69) is 337 Å². The monoisotopic (exact) mass is 1230 g/mol. The fourth-order valence-electron chi connectivity index (χ4n) is 18.1. The first kappa shape index (κ1) is 55.5. The maximum absolute atomic E-state index is 6.21. The lowest BCUT2D eigenvalue weighted by molar-refractivity contribution is 0.662. The van der Waals surface area contributed by atoms with Crippen molar-refractivity contribution in [3.05, 3.63) is 338 Å². The quantitative estimate of drug-likeness (QED) is 0.126. The molecule has 1 aromatic heterocycles. The summed E-state index contributed by atoms with van der Waals surface area (Å²) < 4.78 is 6.21. The molecule has 0 atom stereocenters. The molecule has 0 saturated heterocycles. The Morgan fingerprint density at radius 2 is 0.546 bits per heavy atom. The van der Waals surface area contributed by atoms with Crippen LogP contribution in [0, 0.1) is 0 Å². The number of benzene rings is 18. The van der Waals surface area contributed by atoms with Crippen LogP contribution in [0.4, 0.5) is 0 Å². The minimum absolute atomic E-state index is 0.153. The Bertz CT molecular complexity index is 6510. The second kappa shape index (κ2) is 20.8. The first-order chi connectivity index (χ1) is 47.7. The van der Waals surface area contributed by atoms with Crippen molar-refractivity contribution < 1.29 is 4.42 Å². The van der Waals surface area contributed by atoms with Gasteiger partial charge < -0.3 is 4.42 Å². The van der Waals surface area contributed by atoms with Crippen LogP contribution in [0.3, 0.4) is 0 Å². The first-order valence-corrected chi connectivity index (χ1v) is 34.1. The van der Waals surface area contributed by atoms with Gasteiger partial charge in [0, 0.05) is 21.6 Å². The van der Waals surface area contributed by atoms with Gasteiger partial charge in [0.15, 0.2) is 0 Å². The third-order valence-electron chi connectivity index (χ3n) is 22.2. The fourth-order valence-corrected chi connectivity index (χ4v) is 18.1. The lowest BCUT2D eigenvalue weighted by atomic mass is 9.76. The van der Waals surface area contributed by atoms with Crippen molar-refractivity contribution in [2.45, 2.75) is 38.5 Å². The summed E-state index contributed by atoms with van der Waals surface area (Å²) in [6.07, 6.45) is 0. The second-order valence-corrected chi connectivity index (χ2v) is 28.0. The fraction of sp³-hybridized carbons (Fsp3) is 0.0625. The third-order valence-corrected chi connectivity index (χ3v) is 22.2. The van der Waals surface area contributed by atoms with Crippen molar-refractivity contribution in [3.63, 3.8) is 0 Å². The van der Waals surface area contributed by atoms with E-state index in [4.69, 9.17) is 4.42 Å². The summed E-state index contributed by atoms with van der Waals surface area (Å²) in [5, 5.41) is 25.5. The van der Waals surface area contributed by atoms with Crippen LogP contribution >= 0.6 is 0 Å². The molecule has 0 fully saturated rings. The van der Waals surface area contributed by atoms with Crippen LogP contribution in [0.5, 0.6) is 0 Å². The van der Waals surface area contributed by atoms with E-state index in [0.717, 1.165) is 21.9 Å². The Labute approximate surface area is 562 Å². The summed E-state index contributed by atoms with van der Waals surface area (Å²) in [6.45, 7) is 9.64. The predicted octanol–water partition coefficient (Wildman–Crippen LogP) is 26.9. The molecule has 0 radical (unpaired) electrons. The molecule has 19 aromatic rings. The molecule has 454 valence electrons. The Kier molecular flexibility index (Phi) is 11.9. The van der Waals surface area contributed by atoms with Gasteiger partial charge in [0.05, 0.1) is 0 Å². The van der Waals surface area contributed by atoms with Crippen LogP contribution in [0.15, 0.2) is 320 Å². The zero-order valence-electron chi connectivity index (χ0n) is 54.4. The average molecular weight is 1230 g/mol. The molecule has 0 spiro atoms. The Hall–Kier alpha value is -11.9. The Morgan fingerprint density at radius 1 is 0.206 bits per heavy atom. The zero-order valence-corrected chi connectivity index (χ0v) is 54.4. The number of rotatable bonds is 4. The minimum Gasteiger partial charge on any atom is -0.456 e. The largest absolute Gasteiger partial charge is 0.456 e. The molecular weight excluding hydrogens is 1170 g/mol. The van der Waals surface area contributed by atoms with E-state index < -0.39 is 0 Å². The lowest BCUT2D eigenvalue weighted by Crippen LogP contribution is -2.16. The van der Waals surface area contributed by atoms with E-state index in [1.165, 1.54) is 186 Å². The molecule has 1 nitrogen and oxygen atoms in total.